The predicted octanol–water partition coefficient (Wildman–Crippen LogP) is 6.05. The average Bonchev–Trinajstić information content (AvgIpc) is 2.69. The van der Waals surface area contributed by atoms with Crippen molar-refractivity contribution in [2.75, 3.05) is 0 Å². The van der Waals surface area contributed by atoms with Gasteiger partial charge in [-0.15, -0.1) is 0 Å². The van der Waals surface area contributed by atoms with Gasteiger partial charge in [0.25, 0.3) is 0 Å². The van der Waals surface area contributed by atoms with Gasteiger partial charge in [0.2, 0.25) is 0 Å². The van der Waals surface area contributed by atoms with Gasteiger partial charge in [-0.05, 0) is 161 Å². The molecule has 0 saturated heterocycles. The van der Waals surface area contributed by atoms with Crippen molar-refractivity contribution in [1.29, 1.82) is 0 Å². The molecule has 0 unspecified atom stereocenters. The number of carbonyl (C=O) groups excluding carboxylic acids is 2. The summed E-state index contributed by atoms with van der Waals surface area (Å²) in [5.41, 5.74) is 0.432. The molecule has 0 N–H and O–H groups in total. The van der Waals surface area contributed by atoms with Gasteiger partial charge in [0.05, 0.1) is 23.2 Å². The summed E-state index contributed by atoms with van der Waals surface area (Å²) in [5.74, 6) is -0.711. The second kappa shape index (κ2) is 11.5. The lowest BCUT2D eigenvalue weighted by Gasteiger charge is -2.13. The van der Waals surface area contributed by atoms with Crippen molar-refractivity contribution in [2.45, 2.75) is 4.90 Å². The molecular weight excluding hydrogens is 1020 g/mol. The molecule has 0 radical (unpaired) electrons. The highest BCUT2D eigenvalue weighted by atomic mass is 127. The minimum absolute atomic E-state index is 0.0903. The summed E-state index contributed by atoms with van der Waals surface area (Å²) < 4.78 is 47.9. The number of benzene rings is 3. The second-order valence-corrected chi connectivity index (χ2v) is 13.4. The molecule has 0 fully saturated rings. The fraction of sp³-hybridized carbons (Fsp3) is 0. The smallest absolute Gasteiger partial charge is 0.343 e. The minimum Gasteiger partial charge on any atom is -0.744 e. The summed E-state index contributed by atoms with van der Waals surface area (Å²) >= 11 is 9.78. The van der Waals surface area contributed by atoms with Crippen molar-refractivity contribution in [2.24, 2.45) is 0 Å². The fourth-order valence-electron chi connectivity index (χ4n) is 2.52. The lowest BCUT2D eigenvalue weighted by atomic mass is 10.1. The van der Waals surface area contributed by atoms with E-state index in [-0.39, 0.29) is 28.9 Å². The highest BCUT2D eigenvalue weighted by Gasteiger charge is 2.18. The Balaban J connectivity index is 1.75. The highest BCUT2D eigenvalue weighted by molar-refractivity contribution is 14.1. The van der Waals surface area contributed by atoms with Crippen molar-refractivity contribution in [3.8, 4) is 11.5 Å². The first kappa shape index (κ1) is 27.7. The first-order chi connectivity index (χ1) is 15.4. The zero-order valence-corrected chi connectivity index (χ0v) is 27.4. The minimum atomic E-state index is -4.66. The average molecular weight is 1030 g/mol. The summed E-state index contributed by atoms with van der Waals surface area (Å²) in [6.07, 6.45) is 0. The molecule has 33 heavy (non-hydrogen) atoms. The zero-order valence-electron chi connectivity index (χ0n) is 15.8. The van der Waals surface area contributed by atoms with E-state index in [9.17, 15) is 22.6 Å². The molecular formula is C20H8I5O7S-. The largest absolute Gasteiger partial charge is 0.744 e. The van der Waals surface area contributed by atoms with Crippen LogP contribution in [0.2, 0.25) is 0 Å². The van der Waals surface area contributed by atoms with Crippen LogP contribution in [0.1, 0.15) is 20.7 Å². The van der Waals surface area contributed by atoms with Crippen molar-refractivity contribution < 1.29 is 32.0 Å². The van der Waals surface area contributed by atoms with Crippen molar-refractivity contribution >= 4 is 135 Å². The number of halogens is 5. The van der Waals surface area contributed by atoms with Crippen LogP contribution >= 0.6 is 113 Å². The normalized spacial score (nSPS) is 11.2. The molecule has 3 aromatic carbocycles. The van der Waals surface area contributed by atoms with Crippen LogP contribution in [-0.4, -0.2) is 24.9 Å². The maximum Gasteiger partial charge on any atom is 0.343 e. The van der Waals surface area contributed by atoms with Gasteiger partial charge in [0.1, 0.15) is 15.9 Å². The van der Waals surface area contributed by atoms with Crippen molar-refractivity contribution in [3.05, 3.63) is 77.5 Å². The third kappa shape index (κ3) is 7.11. The molecule has 0 heterocycles. The lowest BCUT2D eigenvalue weighted by molar-refractivity contribution is 0.0719. The van der Waals surface area contributed by atoms with Crippen LogP contribution in [0.25, 0.3) is 0 Å². The number of hydrogen-bond donors (Lipinski definition) is 0. The highest BCUT2D eigenvalue weighted by Crippen LogP contribution is 2.31. The lowest BCUT2D eigenvalue weighted by Crippen LogP contribution is -2.13. The molecule has 0 saturated carbocycles. The Morgan fingerprint density at radius 2 is 1.12 bits per heavy atom. The van der Waals surface area contributed by atoms with E-state index in [1.165, 1.54) is 36.4 Å². The Kier molecular flexibility index (Phi) is 9.65. The molecule has 0 aromatic heterocycles. The Morgan fingerprint density at radius 1 is 0.697 bits per heavy atom. The van der Waals surface area contributed by atoms with Gasteiger partial charge in [-0.3, -0.25) is 0 Å². The van der Waals surface area contributed by atoms with E-state index >= 15 is 0 Å². The predicted molar refractivity (Wildman–Crippen MR) is 161 cm³/mol. The molecule has 0 bridgehead atoms. The summed E-state index contributed by atoms with van der Waals surface area (Å²) in [7, 11) is -4.66. The van der Waals surface area contributed by atoms with E-state index in [0.29, 0.717) is 5.75 Å². The maximum atomic E-state index is 12.5. The molecule has 0 amide bonds. The van der Waals surface area contributed by atoms with E-state index in [1.54, 1.807) is 45.2 Å². The molecule has 0 aliphatic carbocycles. The van der Waals surface area contributed by atoms with Crippen LogP contribution in [0.3, 0.4) is 0 Å². The molecule has 3 rings (SSSR count). The number of rotatable bonds is 5. The monoisotopic (exact) mass is 1030 g/mol. The Labute approximate surface area is 257 Å². The van der Waals surface area contributed by atoms with Gasteiger partial charge in [0.15, 0.2) is 5.75 Å². The number of hydrogen-bond acceptors (Lipinski definition) is 7. The topological polar surface area (TPSA) is 110 Å². The molecule has 7 nitrogen and oxygen atoms in total. The van der Waals surface area contributed by atoms with Crippen LogP contribution in [-0.2, 0) is 10.1 Å². The molecule has 0 spiro atoms. The maximum absolute atomic E-state index is 12.5. The van der Waals surface area contributed by atoms with Crippen molar-refractivity contribution in [1.82, 2.24) is 0 Å². The fourth-order valence-corrected chi connectivity index (χ4v) is 10.2. The van der Waals surface area contributed by atoms with Crippen LogP contribution in [0.15, 0.2) is 53.4 Å². The Hall–Kier alpha value is 0.160. The van der Waals surface area contributed by atoms with Gasteiger partial charge in [-0.2, -0.15) is 0 Å². The van der Waals surface area contributed by atoms with Crippen LogP contribution < -0.4 is 9.47 Å². The van der Waals surface area contributed by atoms with Crippen molar-refractivity contribution in [3.63, 3.8) is 0 Å². The first-order valence-electron chi connectivity index (χ1n) is 8.50. The molecule has 172 valence electrons. The third-order valence-electron chi connectivity index (χ3n) is 3.95. The van der Waals surface area contributed by atoms with E-state index < -0.39 is 22.1 Å². The van der Waals surface area contributed by atoms with E-state index in [4.69, 9.17) is 9.47 Å². The number of ether oxygens (including phenoxy) is 2. The molecule has 0 aliphatic heterocycles. The summed E-state index contributed by atoms with van der Waals surface area (Å²) in [6.45, 7) is 0. The Bertz CT molecular complexity index is 1330. The Morgan fingerprint density at radius 3 is 1.55 bits per heavy atom. The third-order valence-corrected chi connectivity index (χ3v) is 9.55. The van der Waals surface area contributed by atoms with Gasteiger partial charge >= 0.3 is 11.9 Å². The SMILES string of the molecule is O=C(Oc1cc(I)c(S(=O)(=O)[O-])c(I)c1)c1ccc(C(=O)Oc2c(I)cc(I)cc2I)cc1. The second-order valence-electron chi connectivity index (χ2n) is 6.23. The zero-order chi connectivity index (χ0) is 24.5. The molecule has 0 aliphatic rings. The first-order valence-corrected chi connectivity index (χ1v) is 15.3. The van der Waals surface area contributed by atoms with E-state index in [1.807, 2.05) is 12.1 Å². The van der Waals surface area contributed by atoms with Gasteiger partial charge < -0.3 is 14.0 Å². The van der Waals surface area contributed by atoms with Gasteiger partial charge in [-0.1, -0.05) is 0 Å². The molecule has 3 aromatic rings. The van der Waals surface area contributed by atoms with Gasteiger partial charge in [-0.25, -0.2) is 18.0 Å². The van der Waals surface area contributed by atoms with E-state index in [0.717, 1.165) is 10.7 Å². The van der Waals surface area contributed by atoms with Crippen LogP contribution in [0, 0.1) is 17.9 Å². The molecule has 13 heteroatoms. The number of esters is 2. The molecule has 0 atom stereocenters. The van der Waals surface area contributed by atoms with Gasteiger partial charge in [0, 0.05) is 10.7 Å². The summed E-state index contributed by atoms with van der Waals surface area (Å²) in [4.78, 5) is 24.7. The standard InChI is InChI=1S/C20H9I5O7S/c21-11-5-13(22)17(14(23)6-11)32-20(27)10-3-1-9(2-4-10)19(26)31-12-7-15(24)18(16(25)8-12)33(28,29)30/h1-8H,(H,28,29,30)/p-1. The summed E-state index contributed by atoms with van der Waals surface area (Å²) in [5, 5.41) is 0. The number of carbonyl (C=O) groups is 2. The summed E-state index contributed by atoms with van der Waals surface area (Å²) in [6, 6.07) is 12.1. The van der Waals surface area contributed by atoms with E-state index in [2.05, 4.69) is 67.8 Å². The van der Waals surface area contributed by atoms with Crippen LogP contribution in [0.5, 0.6) is 11.5 Å². The quantitative estimate of drug-likeness (QED) is 0.133. The van der Waals surface area contributed by atoms with Crippen LogP contribution in [0.4, 0.5) is 0 Å².